The number of hydrogen-bond acceptors (Lipinski definition) is 2. The van der Waals surface area contributed by atoms with E-state index < -0.39 is 0 Å². The van der Waals surface area contributed by atoms with Crippen LogP contribution in [0.3, 0.4) is 0 Å². The Balaban J connectivity index is 2.20. The molecule has 1 rings (SSSR count). The Hall–Kier alpha value is -0.830. The summed E-state index contributed by atoms with van der Waals surface area (Å²) in [6, 6.07) is 0. The fraction of sp³-hybridized carbons (Fsp3) is 0.667. The molecular weight excluding hydrogens is 150 g/mol. The number of aromatic amines is 1. The molecular formula is C9H17N3. The second kappa shape index (κ2) is 3.72. The molecule has 0 unspecified atom stereocenters. The lowest BCUT2D eigenvalue weighted by Crippen LogP contribution is -2.26. The number of hydrogen-bond donors (Lipinski definition) is 2. The number of nitrogens with one attached hydrogen (secondary N) is 2. The molecule has 0 saturated carbocycles. The Morgan fingerprint density at radius 2 is 2.25 bits per heavy atom. The fourth-order valence-corrected chi connectivity index (χ4v) is 0.954. The highest BCUT2D eigenvalue weighted by Crippen LogP contribution is 2.10. The minimum Gasteiger partial charge on any atom is -0.347 e. The Bertz CT molecular complexity index is 208. The van der Waals surface area contributed by atoms with Crippen LogP contribution in [0.15, 0.2) is 12.5 Å². The highest BCUT2D eigenvalue weighted by molar-refractivity contribution is 4.93. The van der Waals surface area contributed by atoms with Crippen molar-refractivity contribution in [2.24, 2.45) is 5.41 Å². The van der Waals surface area contributed by atoms with Crippen molar-refractivity contribution in [3.8, 4) is 0 Å². The van der Waals surface area contributed by atoms with Crippen LogP contribution in [0.25, 0.3) is 0 Å². The van der Waals surface area contributed by atoms with Crippen LogP contribution >= 0.6 is 0 Å². The molecule has 0 amide bonds. The van der Waals surface area contributed by atoms with E-state index in [4.69, 9.17) is 0 Å². The monoisotopic (exact) mass is 167 g/mol. The van der Waals surface area contributed by atoms with Crippen LogP contribution in [0, 0.1) is 5.41 Å². The largest absolute Gasteiger partial charge is 0.347 e. The summed E-state index contributed by atoms with van der Waals surface area (Å²) in [6.45, 7) is 8.54. The third-order valence-electron chi connectivity index (χ3n) is 1.53. The van der Waals surface area contributed by atoms with Crippen LogP contribution in [0.5, 0.6) is 0 Å². The van der Waals surface area contributed by atoms with Crippen molar-refractivity contribution in [3.05, 3.63) is 18.2 Å². The maximum Gasteiger partial charge on any atom is 0.0922 e. The van der Waals surface area contributed by atoms with Crippen molar-refractivity contribution >= 4 is 0 Å². The number of rotatable bonds is 3. The molecule has 0 saturated heterocycles. The van der Waals surface area contributed by atoms with E-state index in [1.165, 1.54) is 0 Å². The van der Waals surface area contributed by atoms with Gasteiger partial charge >= 0.3 is 0 Å². The smallest absolute Gasteiger partial charge is 0.0922 e. The van der Waals surface area contributed by atoms with Gasteiger partial charge in [-0.05, 0) is 5.41 Å². The zero-order valence-corrected chi connectivity index (χ0v) is 8.02. The average Bonchev–Trinajstić information content (AvgIpc) is 2.36. The Kier molecular flexibility index (Phi) is 2.87. The molecule has 1 aromatic rings. The van der Waals surface area contributed by atoms with Crippen LogP contribution in [0.1, 0.15) is 26.5 Å². The van der Waals surface area contributed by atoms with Crippen LogP contribution in [0.4, 0.5) is 0 Å². The molecule has 0 bridgehead atoms. The topological polar surface area (TPSA) is 40.7 Å². The zero-order chi connectivity index (χ0) is 9.03. The summed E-state index contributed by atoms with van der Waals surface area (Å²) >= 11 is 0. The molecule has 12 heavy (non-hydrogen) atoms. The molecule has 3 heteroatoms. The Morgan fingerprint density at radius 1 is 1.50 bits per heavy atom. The molecule has 0 radical (unpaired) electrons. The molecule has 0 aliphatic rings. The van der Waals surface area contributed by atoms with Gasteiger partial charge in [0.2, 0.25) is 0 Å². The normalized spacial score (nSPS) is 11.9. The van der Waals surface area contributed by atoms with Crippen molar-refractivity contribution in [1.82, 2.24) is 15.3 Å². The Morgan fingerprint density at radius 3 is 2.75 bits per heavy atom. The predicted molar refractivity (Wildman–Crippen MR) is 49.7 cm³/mol. The van der Waals surface area contributed by atoms with Crippen molar-refractivity contribution in [2.75, 3.05) is 6.54 Å². The molecule has 0 spiro atoms. The summed E-state index contributed by atoms with van der Waals surface area (Å²) in [4.78, 5) is 6.99. The van der Waals surface area contributed by atoms with E-state index in [1.807, 2.05) is 6.20 Å². The van der Waals surface area contributed by atoms with Crippen molar-refractivity contribution in [1.29, 1.82) is 0 Å². The molecule has 0 atom stereocenters. The van der Waals surface area contributed by atoms with Crippen molar-refractivity contribution < 1.29 is 0 Å². The van der Waals surface area contributed by atoms with Gasteiger partial charge in [0.05, 0.1) is 6.33 Å². The highest BCUT2D eigenvalue weighted by atomic mass is 14.9. The first-order chi connectivity index (χ1) is 5.58. The number of nitrogens with zero attached hydrogens (tertiary/aromatic N) is 1. The van der Waals surface area contributed by atoms with Crippen LogP contribution in [-0.2, 0) is 6.54 Å². The van der Waals surface area contributed by atoms with E-state index in [0.717, 1.165) is 18.8 Å². The van der Waals surface area contributed by atoms with E-state index in [-0.39, 0.29) is 0 Å². The maximum absolute atomic E-state index is 3.94. The molecule has 0 fully saturated rings. The first-order valence-corrected chi connectivity index (χ1v) is 4.26. The van der Waals surface area contributed by atoms with Gasteiger partial charge in [-0.2, -0.15) is 0 Å². The van der Waals surface area contributed by atoms with E-state index in [2.05, 4.69) is 36.1 Å². The van der Waals surface area contributed by atoms with Gasteiger partial charge in [0, 0.05) is 25.0 Å². The summed E-state index contributed by atoms with van der Waals surface area (Å²) in [6.07, 6.45) is 3.55. The molecule has 1 heterocycles. The lowest BCUT2D eigenvalue weighted by Gasteiger charge is -2.18. The number of H-pyrrole nitrogens is 1. The predicted octanol–water partition coefficient (Wildman–Crippen LogP) is 1.55. The van der Waals surface area contributed by atoms with Gasteiger partial charge < -0.3 is 10.3 Å². The fourth-order valence-electron chi connectivity index (χ4n) is 0.954. The standard InChI is InChI=1S/C9H17N3/c1-9(2,3)6-10-4-8-5-11-7-12-8/h5,7,10H,4,6H2,1-3H3,(H,11,12). The third kappa shape index (κ3) is 3.53. The first kappa shape index (κ1) is 9.26. The van der Waals surface area contributed by atoms with Gasteiger partial charge in [0.15, 0.2) is 0 Å². The molecule has 2 N–H and O–H groups in total. The summed E-state index contributed by atoms with van der Waals surface area (Å²) in [7, 11) is 0. The summed E-state index contributed by atoms with van der Waals surface area (Å²) < 4.78 is 0. The Labute approximate surface area is 73.6 Å². The zero-order valence-electron chi connectivity index (χ0n) is 8.02. The number of imidazole rings is 1. The van der Waals surface area contributed by atoms with Gasteiger partial charge in [-0.3, -0.25) is 0 Å². The number of aromatic nitrogens is 2. The van der Waals surface area contributed by atoms with Gasteiger partial charge in [-0.1, -0.05) is 20.8 Å². The van der Waals surface area contributed by atoms with Crippen molar-refractivity contribution in [2.45, 2.75) is 27.3 Å². The lowest BCUT2D eigenvalue weighted by atomic mass is 9.97. The average molecular weight is 167 g/mol. The van der Waals surface area contributed by atoms with Crippen molar-refractivity contribution in [3.63, 3.8) is 0 Å². The van der Waals surface area contributed by atoms with Gasteiger partial charge in [-0.25, -0.2) is 4.98 Å². The second-order valence-electron chi connectivity index (χ2n) is 4.24. The summed E-state index contributed by atoms with van der Waals surface area (Å²) in [5.74, 6) is 0. The van der Waals surface area contributed by atoms with Crippen LogP contribution in [0.2, 0.25) is 0 Å². The molecule has 0 aromatic carbocycles. The van der Waals surface area contributed by atoms with Crippen LogP contribution < -0.4 is 5.32 Å². The van der Waals surface area contributed by atoms with Gasteiger partial charge in [0.25, 0.3) is 0 Å². The van der Waals surface area contributed by atoms with E-state index in [9.17, 15) is 0 Å². The molecule has 1 aromatic heterocycles. The molecule has 0 aliphatic heterocycles. The summed E-state index contributed by atoms with van der Waals surface area (Å²) in [5.41, 5.74) is 1.49. The van der Waals surface area contributed by atoms with Gasteiger partial charge in [0.1, 0.15) is 0 Å². The minimum absolute atomic E-state index is 0.347. The van der Waals surface area contributed by atoms with Crippen LogP contribution in [-0.4, -0.2) is 16.5 Å². The SMILES string of the molecule is CC(C)(C)CNCc1cnc[nH]1. The first-order valence-electron chi connectivity index (χ1n) is 4.26. The quantitative estimate of drug-likeness (QED) is 0.717. The molecule has 68 valence electrons. The van der Waals surface area contributed by atoms with E-state index in [0.29, 0.717) is 5.41 Å². The summed E-state index contributed by atoms with van der Waals surface area (Å²) in [5, 5.41) is 3.36. The minimum atomic E-state index is 0.347. The van der Waals surface area contributed by atoms with Gasteiger partial charge in [-0.15, -0.1) is 0 Å². The van der Waals surface area contributed by atoms with E-state index >= 15 is 0 Å². The third-order valence-corrected chi connectivity index (χ3v) is 1.53. The molecule has 0 aliphatic carbocycles. The lowest BCUT2D eigenvalue weighted by molar-refractivity contribution is 0.378. The molecule has 3 nitrogen and oxygen atoms in total. The van der Waals surface area contributed by atoms with E-state index in [1.54, 1.807) is 6.33 Å². The highest BCUT2D eigenvalue weighted by Gasteiger charge is 2.08. The maximum atomic E-state index is 3.94. The second-order valence-corrected chi connectivity index (χ2v) is 4.24.